The van der Waals surface area contributed by atoms with Gasteiger partial charge in [-0.15, -0.1) is 0 Å². The lowest BCUT2D eigenvalue weighted by atomic mass is 10.0. The fraction of sp³-hybridized carbons (Fsp3) is 0.462. The second-order valence-electron chi connectivity index (χ2n) is 5.37. The minimum atomic E-state index is -0.932. The zero-order valence-electron chi connectivity index (χ0n) is 11.7. The van der Waals surface area contributed by atoms with Crippen LogP contribution in [0, 0.1) is 0 Å². The first-order valence-corrected chi connectivity index (χ1v) is 7.40. The number of ether oxygens (including phenoxy) is 1. The first-order chi connectivity index (χ1) is 10.4. The monoisotopic (exact) mass is 370 g/mol. The zero-order chi connectivity index (χ0) is 16.1. The molecule has 1 fully saturated rings. The molecule has 4 N–H and O–H groups in total. The molecule has 3 heterocycles. The van der Waals surface area contributed by atoms with Crippen molar-refractivity contribution in [3.63, 3.8) is 0 Å². The van der Waals surface area contributed by atoms with Crippen LogP contribution in [-0.2, 0) is 4.74 Å². The fourth-order valence-electron chi connectivity index (χ4n) is 2.77. The van der Waals surface area contributed by atoms with Crippen LogP contribution in [0.3, 0.4) is 0 Å². The van der Waals surface area contributed by atoms with Crippen LogP contribution in [0.15, 0.2) is 12.5 Å². The summed E-state index contributed by atoms with van der Waals surface area (Å²) in [6, 6.07) is 0. The average molecular weight is 371 g/mol. The van der Waals surface area contributed by atoms with Crippen molar-refractivity contribution in [1.29, 1.82) is 0 Å². The topological polar surface area (TPSA) is 123 Å². The van der Waals surface area contributed by atoms with Gasteiger partial charge in [0.2, 0.25) is 0 Å². The van der Waals surface area contributed by atoms with Crippen LogP contribution in [0.5, 0.6) is 0 Å². The molecule has 3 rings (SSSR count). The molecule has 9 heteroatoms. The van der Waals surface area contributed by atoms with Gasteiger partial charge in [-0.3, -0.25) is 4.79 Å². The van der Waals surface area contributed by atoms with Gasteiger partial charge in [0.05, 0.1) is 16.3 Å². The Hall–Kier alpha value is -1.55. The summed E-state index contributed by atoms with van der Waals surface area (Å²) in [6.07, 6.45) is 1.16. The Bertz CT molecular complexity index is 732. The van der Waals surface area contributed by atoms with E-state index < -0.39 is 22.8 Å². The van der Waals surface area contributed by atoms with E-state index in [0.717, 1.165) is 0 Å². The molecule has 118 valence electrons. The number of aliphatic hydroxyl groups excluding tert-OH is 2. The van der Waals surface area contributed by atoms with E-state index in [4.69, 9.17) is 10.5 Å². The highest BCUT2D eigenvalue weighted by Crippen LogP contribution is 2.46. The average Bonchev–Trinajstić information content (AvgIpc) is 2.97. The number of nitrogen functional groups attached to an aromatic ring is 1. The Labute approximate surface area is 134 Å². The van der Waals surface area contributed by atoms with E-state index >= 15 is 0 Å². The van der Waals surface area contributed by atoms with Crippen molar-refractivity contribution in [2.24, 2.45) is 0 Å². The molecule has 2 aromatic rings. The number of halogens is 1. The lowest BCUT2D eigenvalue weighted by Gasteiger charge is -2.27. The Morgan fingerprint density at radius 1 is 1.59 bits per heavy atom. The van der Waals surface area contributed by atoms with Gasteiger partial charge in [-0.25, -0.2) is 9.97 Å². The second-order valence-corrected chi connectivity index (χ2v) is 7.08. The summed E-state index contributed by atoms with van der Waals surface area (Å²) >= 11 is 3.46. The molecule has 2 aromatic heterocycles. The van der Waals surface area contributed by atoms with Crippen molar-refractivity contribution in [3.05, 3.63) is 18.1 Å². The normalized spacial score (nSPS) is 31.7. The van der Waals surface area contributed by atoms with Gasteiger partial charge in [0.1, 0.15) is 30.0 Å². The van der Waals surface area contributed by atoms with E-state index in [9.17, 15) is 15.0 Å². The quantitative estimate of drug-likeness (QED) is 0.521. The Balaban J connectivity index is 2.19. The lowest BCUT2D eigenvalue weighted by molar-refractivity contribution is -0.0437. The van der Waals surface area contributed by atoms with Gasteiger partial charge in [-0.05, 0) is 6.92 Å². The van der Waals surface area contributed by atoms with Gasteiger partial charge in [0.25, 0.3) is 0 Å². The van der Waals surface area contributed by atoms with Gasteiger partial charge >= 0.3 is 0 Å². The smallest absolute Gasteiger partial charge is 0.153 e. The van der Waals surface area contributed by atoms with E-state index in [1.807, 2.05) is 0 Å². The maximum atomic E-state index is 11.3. The third kappa shape index (κ3) is 2.04. The summed E-state index contributed by atoms with van der Waals surface area (Å²) in [4.78, 5) is 19.3. The molecular weight excluding hydrogens is 356 g/mol. The second kappa shape index (κ2) is 5.27. The number of anilines is 1. The number of carbonyl (C=O) groups excluding carboxylic acids is 1. The van der Waals surface area contributed by atoms with Crippen molar-refractivity contribution in [3.8, 4) is 0 Å². The molecule has 0 spiro atoms. The molecule has 1 aliphatic rings. The first-order valence-electron chi connectivity index (χ1n) is 6.61. The number of nitrogens with zero attached hydrogens (tertiary/aromatic N) is 3. The molecule has 0 radical (unpaired) electrons. The molecule has 4 atom stereocenters. The number of nitrogens with two attached hydrogens (primary N) is 1. The number of alkyl halides is 1. The molecule has 8 nitrogen and oxygen atoms in total. The molecule has 1 saturated heterocycles. The van der Waals surface area contributed by atoms with E-state index in [0.29, 0.717) is 22.9 Å². The number of fused-ring (bicyclic) bond motifs is 1. The van der Waals surface area contributed by atoms with Crippen LogP contribution >= 0.6 is 15.9 Å². The Morgan fingerprint density at radius 3 is 2.91 bits per heavy atom. The predicted molar refractivity (Wildman–Crippen MR) is 81.7 cm³/mol. The molecule has 0 amide bonds. The van der Waals surface area contributed by atoms with Crippen LogP contribution in [0.4, 0.5) is 5.82 Å². The van der Waals surface area contributed by atoms with Crippen LogP contribution in [-0.4, -0.2) is 54.2 Å². The maximum Gasteiger partial charge on any atom is 0.153 e. The minimum absolute atomic E-state index is 0.194. The summed E-state index contributed by atoms with van der Waals surface area (Å²) in [5.74, 6) is 0.194. The van der Waals surface area contributed by atoms with Crippen LogP contribution < -0.4 is 5.73 Å². The van der Waals surface area contributed by atoms with Crippen molar-refractivity contribution in [2.75, 3.05) is 12.3 Å². The number of aliphatic hydroxyl groups is 2. The molecule has 0 saturated carbocycles. The van der Waals surface area contributed by atoms with Crippen molar-refractivity contribution in [1.82, 2.24) is 14.5 Å². The molecule has 0 unspecified atom stereocenters. The number of hydrogen-bond donors (Lipinski definition) is 3. The minimum Gasteiger partial charge on any atom is -0.394 e. The van der Waals surface area contributed by atoms with Gasteiger partial charge in [-0.2, -0.15) is 0 Å². The van der Waals surface area contributed by atoms with Gasteiger partial charge in [0, 0.05) is 11.8 Å². The fourth-order valence-corrected chi connectivity index (χ4v) is 3.39. The van der Waals surface area contributed by atoms with Crippen molar-refractivity contribution in [2.45, 2.75) is 29.7 Å². The van der Waals surface area contributed by atoms with Crippen LogP contribution in [0.2, 0.25) is 0 Å². The van der Waals surface area contributed by atoms with Crippen LogP contribution in [0.1, 0.15) is 23.5 Å². The van der Waals surface area contributed by atoms with Gasteiger partial charge in [0.15, 0.2) is 12.5 Å². The number of aromatic nitrogens is 3. The lowest BCUT2D eigenvalue weighted by Crippen LogP contribution is -2.39. The highest BCUT2D eigenvalue weighted by atomic mass is 79.9. The standard InChI is InChI=1S/C13H15BrN4O4/c1-13(14)9(21)7(4-20)22-12(13)18-2-6(3-19)8-10(15)16-5-17-11(8)18/h2-3,5,7,9,12,20-21H,4H2,1H3,(H2,15,16,17)/t7-,9-,12-,13-/m1/s1. The van der Waals surface area contributed by atoms with Gasteiger partial charge < -0.3 is 25.3 Å². The summed E-state index contributed by atoms with van der Waals surface area (Å²) in [7, 11) is 0. The van der Waals surface area contributed by atoms with E-state index in [1.165, 1.54) is 6.33 Å². The summed E-state index contributed by atoms with van der Waals surface area (Å²) in [5, 5.41) is 20.0. The predicted octanol–water partition coefficient (Wildman–Crippen LogP) is 0.230. The van der Waals surface area contributed by atoms with Crippen molar-refractivity contribution < 1.29 is 19.7 Å². The summed E-state index contributed by atoms with van der Waals surface area (Å²) in [6.45, 7) is 1.42. The molecule has 0 aromatic carbocycles. The summed E-state index contributed by atoms with van der Waals surface area (Å²) < 4.78 is 6.48. The van der Waals surface area contributed by atoms with Crippen molar-refractivity contribution >= 4 is 39.1 Å². The molecule has 1 aliphatic heterocycles. The van der Waals surface area contributed by atoms with E-state index in [-0.39, 0.29) is 12.4 Å². The zero-order valence-corrected chi connectivity index (χ0v) is 13.3. The molecule has 0 aliphatic carbocycles. The highest BCUT2D eigenvalue weighted by Gasteiger charge is 2.52. The largest absolute Gasteiger partial charge is 0.394 e. The SMILES string of the molecule is C[C@@]1(Br)[C@H](O)[C@@H](CO)O[C@H]1n1cc(C=O)c2c(N)ncnc21. The van der Waals surface area contributed by atoms with E-state index in [2.05, 4.69) is 25.9 Å². The number of aldehydes is 1. The van der Waals surface area contributed by atoms with E-state index in [1.54, 1.807) is 17.7 Å². The van der Waals surface area contributed by atoms with Gasteiger partial charge in [-0.1, -0.05) is 15.9 Å². The third-order valence-electron chi connectivity index (χ3n) is 3.94. The Kier molecular flexibility index (Phi) is 3.68. The summed E-state index contributed by atoms with van der Waals surface area (Å²) in [5.41, 5.74) is 6.59. The maximum absolute atomic E-state index is 11.3. The van der Waals surface area contributed by atoms with Crippen LogP contribution in [0.25, 0.3) is 11.0 Å². The molecule has 22 heavy (non-hydrogen) atoms. The number of carbonyl (C=O) groups is 1. The highest BCUT2D eigenvalue weighted by molar-refractivity contribution is 9.10. The molecular formula is C13H15BrN4O4. The molecule has 0 bridgehead atoms. The number of hydrogen-bond acceptors (Lipinski definition) is 7. The Morgan fingerprint density at radius 2 is 2.32 bits per heavy atom. The third-order valence-corrected chi connectivity index (χ3v) is 4.81. The number of rotatable bonds is 3. The first kappa shape index (κ1) is 15.3.